The van der Waals surface area contributed by atoms with Gasteiger partial charge in [-0.3, -0.25) is 9.78 Å². The predicted molar refractivity (Wildman–Crippen MR) is 58.5 cm³/mol. The van der Waals surface area contributed by atoms with Gasteiger partial charge in [0.1, 0.15) is 17.3 Å². The molecule has 0 radical (unpaired) electrons. The van der Waals surface area contributed by atoms with Gasteiger partial charge in [0.15, 0.2) is 0 Å². The van der Waals surface area contributed by atoms with E-state index in [1.807, 2.05) is 0 Å². The lowest BCUT2D eigenvalue weighted by atomic mass is 10.2. The molecule has 1 aromatic heterocycles. The van der Waals surface area contributed by atoms with Crippen LogP contribution in [0, 0.1) is 11.6 Å². The Labute approximate surface area is 96.1 Å². The fourth-order valence-corrected chi connectivity index (χ4v) is 1.31. The number of amides is 1. The van der Waals surface area contributed by atoms with E-state index in [1.165, 1.54) is 30.6 Å². The summed E-state index contributed by atoms with van der Waals surface area (Å²) in [5.41, 5.74) is -0.169. The summed E-state index contributed by atoms with van der Waals surface area (Å²) in [6.07, 6.45) is 2.85. The Morgan fingerprint density at radius 3 is 2.24 bits per heavy atom. The summed E-state index contributed by atoms with van der Waals surface area (Å²) < 4.78 is 26.5. The van der Waals surface area contributed by atoms with Crippen LogP contribution in [0.2, 0.25) is 0 Å². The number of rotatable bonds is 2. The Morgan fingerprint density at radius 2 is 1.65 bits per heavy atom. The third kappa shape index (κ3) is 2.44. The van der Waals surface area contributed by atoms with E-state index >= 15 is 0 Å². The molecule has 0 aliphatic heterocycles. The number of hydrogen-bond acceptors (Lipinski definition) is 2. The van der Waals surface area contributed by atoms with Crippen molar-refractivity contribution in [2.45, 2.75) is 0 Å². The van der Waals surface area contributed by atoms with Gasteiger partial charge in [0.05, 0.1) is 0 Å². The monoisotopic (exact) mass is 234 g/mol. The van der Waals surface area contributed by atoms with E-state index in [2.05, 4.69) is 10.3 Å². The summed E-state index contributed by atoms with van der Waals surface area (Å²) in [7, 11) is 0. The zero-order valence-electron chi connectivity index (χ0n) is 8.65. The molecule has 0 saturated heterocycles. The van der Waals surface area contributed by atoms with Gasteiger partial charge < -0.3 is 5.32 Å². The standard InChI is InChI=1S/C12H8F2N2O/c13-9-2-1-3-10(14)11(9)16-12(17)8-4-6-15-7-5-8/h1-7H,(H,16,17). The molecule has 3 nitrogen and oxygen atoms in total. The second-order valence-corrected chi connectivity index (χ2v) is 3.29. The minimum atomic E-state index is -0.813. The van der Waals surface area contributed by atoms with Gasteiger partial charge in [0.25, 0.3) is 5.91 Å². The van der Waals surface area contributed by atoms with Crippen LogP contribution in [-0.4, -0.2) is 10.9 Å². The average Bonchev–Trinajstić information content (AvgIpc) is 2.35. The third-order valence-electron chi connectivity index (χ3n) is 2.14. The number of hydrogen-bond donors (Lipinski definition) is 1. The summed E-state index contributed by atoms with van der Waals surface area (Å²) in [5.74, 6) is -2.21. The lowest BCUT2D eigenvalue weighted by Crippen LogP contribution is -2.14. The Balaban J connectivity index is 2.25. The molecule has 0 aliphatic rings. The van der Waals surface area contributed by atoms with Gasteiger partial charge in [0, 0.05) is 18.0 Å². The molecule has 0 unspecified atom stereocenters. The third-order valence-corrected chi connectivity index (χ3v) is 2.14. The fraction of sp³-hybridized carbons (Fsp3) is 0. The van der Waals surface area contributed by atoms with Crippen molar-refractivity contribution in [3.8, 4) is 0 Å². The number of carbonyl (C=O) groups excluding carboxylic acids is 1. The molecule has 86 valence electrons. The highest BCUT2D eigenvalue weighted by Crippen LogP contribution is 2.18. The molecule has 0 fully saturated rings. The summed E-state index contributed by atoms with van der Waals surface area (Å²) in [5, 5.41) is 2.18. The van der Waals surface area contributed by atoms with E-state index in [9.17, 15) is 13.6 Å². The van der Waals surface area contributed by atoms with Gasteiger partial charge in [-0.1, -0.05) is 6.07 Å². The molecule has 0 aliphatic carbocycles. The van der Waals surface area contributed by atoms with Crippen LogP contribution < -0.4 is 5.32 Å². The predicted octanol–water partition coefficient (Wildman–Crippen LogP) is 2.61. The molecule has 1 amide bonds. The van der Waals surface area contributed by atoms with E-state index in [0.717, 1.165) is 12.1 Å². The molecular formula is C12H8F2N2O. The quantitative estimate of drug-likeness (QED) is 0.867. The molecule has 1 N–H and O–H groups in total. The van der Waals surface area contributed by atoms with Crippen LogP contribution in [0.3, 0.4) is 0 Å². The number of carbonyl (C=O) groups is 1. The summed E-state index contributed by atoms with van der Waals surface area (Å²) in [4.78, 5) is 15.4. The van der Waals surface area contributed by atoms with Gasteiger partial charge in [-0.25, -0.2) is 8.78 Å². The molecule has 0 atom stereocenters. The van der Waals surface area contributed by atoms with Crippen LogP contribution in [-0.2, 0) is 0 Å². The number of pyridine rings is 1. The zero-order chi connectivity index (χ0) is 12.3. The summed E-state index contributed by atoms with van der Waals surface area (Å²) >= 11 is 0. The Bertz CT molecular complexity index is 523. The maximum absolute atomic E-state index is 13.3. The lowest BCUT2D eigenvalue weighted by molar-refractivity contribution is 0.102. The van der Waals surface area contributed by atoms with Gasteiger partial charge in [-0.15, -0.1) is 0 Å². The Kier molecular flexibility index (Phi) is 3.09. The molecule has 0 bridgehead atoms. The molecule has 1 heterocycles. The maximum atomic E-state index is 13.3. The Morgan fingerprint density at radius 1 is 1.06 bits per heavy atom. The van der Waals surface area contributed by atoms with Crippen molar-refractivity contribution in [2.75, 3.05) is 5.32 Å². The highest BCUT2D eigenvalue weighted by atomic mass is 19.1. The van der Waals surface area contributed by atoms with E-state index < -0.39 is 23.2 Å². The number of para-hydroxylation sites is 1. The molecule has 17 heavy (non-hydrogen) atoms. The number of anilines is 1. The van der Waals surface area contributed by atoms with Crippen molar-refractivity contribution in [3.05, 3.63) is 59.9 Å². The van der Waals surface area contributed by atoms with Gasteiger partial charge in [-0.05, 0) is 24.3 Å². The van der Waals surface area contributed by atoms with E-state index in [4.69, 9.17) is 0 Å². The number of benzene rings is 1. The van der Waals surface area contributed by atoms with E-state index in [-0.39, 0.29) is 5.56 Å². The van der Waals surface area contributed by atoms with Crippen molar-refractivity contribution in [2.24, 2.45) is 0 Å². The zero-order valence-corrected chi connectivity index (χ0v) is 8.65. The number of nitrogens with one attached hydrogen (secondary N) is 1. The van der Waals surface area contributed by atoms with Crippen LogP contribution in [0.4, 0.5) is 14.5 Å². The summed E-state index contributed by atoms with van der Waals surface area (Å²) in [6, 6.07) is 6.28. The first-order valence-electron chi connectivity index (χ1n) is 4.84. The van der Waals surface area contributed by atoms with Crippen molar-refractivity contribution in [1.82, 2.24) is 4.98 Å². The molecule has 2 aromatic rings. The minimum absolute atomic E-state index is 0.280. The second kappa shape index (κ2) is 4.69. The fourth-order valence-electron chi connectivity index (χ4n) is 1.31. The number of halogens is 2. The highest BCUT2D eigenvalue weighted by Gasteiger charge is 2.12. The van der Waals surface area contributed by atoms with Gasteiger partial charge in [0.2, 0.25) is 0 Å². The molecule has 1 aromatic carbocycles. The van der Waals surface area contributed by atoms with E-state index in [0.29, 0.717) is 0 Å². The smallest absolute Gasteiger partial charge is 0.255 e. The SMILES string of the molecule is O=C(Nc1c(F)cccc1F)c1ccncc1. The highest BCUT2D eigenvalue weighted by molar-refractivity contribution is 6.04. The maximum Gasteiger partial charge on any atom is 0.255 e. The van der Waals surface area contributed by atoms with Crippen LogP contribution in [0.25, 0.3) is 0 Å². The van der Waals surface area contributed by atoms with Crippen LogP contribution in [0.15, 0.2) is 42.7 Å². The minimum Gasteiger partial charge on any atom is -0.317 e. The average molecular weight is 234 g/mol. The first kappa shape index (κ1) is 11.2. The van der Waals surface area contributed by atoms with Gasteiger partial charge in [-0.2, -0.15) is 0 Å². The topological polar surface area (TPSA) is 42.0 Å². The van der Waals surface area contributed by atoms with Crippen molar-refractivity contribution >= 4 is 11.6 Å². The molecule has 0 spiro atoms. The first-order valence-corrected chi connectivity index (χ1v) is 4.84. The van der Waals surface area contributed by atoms with E-state index in [1.54, 1.807) is 0 Å². The van der Waals surface area contributed by atoms with Crippen LogP contribution in [0.1, 0.15) is 10.4 Å². The second-order valence-electron chi connectivity index (χ2n) is 3.29. The molecule has 0 saturated carbocycles. The Hall–Kier alpha value is -2.30. The normalized spacial score (nSPS) is 10.0. The molecule has 5 heteroatoms. The first-order chi connectivity index (χ1) is 8.18. The summed E-state index contributed by atoms with van der Waals surface area (Å²) in [6.45, 7) is 0. The van der Waals surface area contributed by atoms with Gasteiger partial charge >= 0.3 is 0 Å². The number of nitrogens with zero attached hydrogens (tertiary/aromatic N) is 1. The largest absolute Gasteiger partial charge is 0.317 e. The van der Waals surface area contributed by atoms with Crippen molar-refractivity contribution in [1.29, 1.82) is 0 Å². The molecule has 2 rings (SSSR count). The molecular weight excluding hydrogens is 226 g/mol. The van der Waals surface area contributed by atoms with Crippen molar-refractivity contribution < 1.29 is 13.6 Å². The number of aromatic nitrogens is 1. The lowest BCUT2D eigenvalue weighted by Gasteiger charge is -2.06. The van der Waals surface area contributed by atoms with Crippen LogP contribution >= 0.6 is 0 Å². The van der Waals surface area contributed by atoms with Crippen LogP contribution in [0.5, 0.6) is 0 Å². The van der Waals surface area contributed by atoms with Crippen molar-refractivity contribution in [3.63, 3.8) is 0 Å².